The van der Waals surface area contributed by atoms with Crippen LogP contribution >= 0.6 is 11.6 Å². The number of hydrogen-bond acceptors (Lipinski definition) is 5. The second-order valence-corrected chi connectivity index (χ2v) is 5.76. The minimum Gasteiger partial charge on any atom is -0.495 e. The standard InChI is InChI=1S/C18H22ClN3O3/c1-4-5-8-20-12-6-7-14(21-11-12)18(23)22-15-10-16(24-2)13(19)9-17(15)25-3/h6-7,9-11,20H,4-5,8H2,1-3H3,(H,22,23). The quantitative estimate of drug-likeness (QED) is 0.687. The number of carbonyl (C=O) groups is 1. The van der Waals surface area contributed by atoms with Gasteiger partial charge in [-0.2, -0.15) is 0 Å². The lowest BCUT2D eigenvalue weighted by atomic mass is 10.2. The van der Waals surface area contributed by atoms with E-state index in [9.17, 15) is 4.79 Å². The van der Waals surface area contributed by atoms with Crippen LogP contribution in [0.15, 0.2) is 30.5 Å². The SMILES string of the molecule is CCCCNc1ccc(C(=O)Nc2cc(OC)c(Cl)cc2OC)nc1. The molecule has 1 aromatic carbocycles. The Bertz CT molecular complexity index is 720. The second-order valence-electron chi connectivity index (χ2n) is 5.35. The fraction of sp³-hybridized carbons (Fsp3) is 0.333. The van der Waals surface area contributed by atoms with Gasteiger partial charge >= 0.3 is 0 Å². The van der Waals surface area contributed by atoms with Crippen LogP contribution in [0.25, 0.3) is 0 Å². The van der Waals surface area contributed by atoms with E-state index in [-0.39, 0.29) is 5.91 Å². The van der Waals surface area contributed by atoms with E-state index in [1.165, 1.54) is 14.2 Å². The third kappa shape index (κ3) is 5.00. The Balaban J connectivity index is 2.11. The van der Waals surface area contributed by atoms with E-state index in [2.05, 4.69) is 22.5 Å². The van der Waals surface area contributed by atoms with Gasteiger partial charge in [0.25, 0.3) is 5.91 Å². The maximum Gasteiger partial charge on any atom is 0.274 e. The highest BCUT2D eigenvalue weighted by atomic mass is 35.5. The van der Waals surface area contributed by atoms with E-state index in [1.807, 2.05) is 6.07 Å². The Hall–Kier alpha value is -2.47. The van der Waals surface area contributed by atoms with Crippen LogP contribution in [0.3, 0.4) is 0 Å². The number of aromatic nitrogens is 1. The number of rotatable bonds is 8. The van der Waals surface area contributed by atoms with Gasteiger partial charge < -0.3 is 20.1 Å². The topological polar surface area (TPSA) is 72.5 Å². The molecule has 1 aromatic heterocycles. The smallest absolute Gasteiger partial charge is 0.274 e. The normalized spacial score (nSPS) is 10.2. The van der Waals surface area contributed by atoms with Crippen molar-refractivity contribution in [3.63, 3.8) is 0 Å². The minimum atomic E-state index is -0.345. The summed E-state index contributed by atoms with van der Waals surface area (Å²) in [4.78, 5) is 16.6. The maximum atomic E-state index is 12.4. The number of nitrogens with one attached hydrogen (secondary N) is 2. The number of nitrogens with zero attached hydrogens (tertiary/aromatic N) is 1. The fourth-order valence-electron chi connectivity index (χ4n) is 2.19. The number of carbonyl (C=O) groups excluding carboxylic acids is 1. The molecule has 0 aliphatic rings. The summed E-state index contributed by atoms with van der Waals surface area (Å²) in [5.41, 5.74) is 1.65. The van der Waals surface area contributed by atoms with Crippen molar-refractivity contribution in [2.45, 2.75) is 19.8 Å². The molecule has 0 fully saturated rings. The van der Waals surface area contributed by atoms with Gasteiger partial charge in [0.1, 0.15) is 17.2 Å². The lowest BCUT2D eigenvalue weighted by Crippen LogP contribution is -2.14. The first-order valence-electron chi connectivity index (χ1n) is 8.01. The minimum absolute atomic E-state index is 0.303. The molecule has 0 atom stereocenters. The highest BCUT2D eigenvalue weighted by molar-refractivity contribution is 6.32. The van der Waals surface area contributed by atoms with Crippen LogP contribution in [-0.4, -0.2) is 31.7 Å². The van der Waals surface area contributed by atoms with Crippen LogP contribution in [0, 0.1) is 0 Å². The molecule has 6 nitrogen and oxygen atoms in total. The van der Waals surface area contributed by atoms with Gasteiger partial charge in [-0.1, -0.05) is 24.9 Å². The Kier molecular flexibility index (Phi) is 6.89. The molecule has 25 heavy (non-hydrogen) atoms. The summed E-state index contributed by atoms with van der Waals surface area (Å²) in [6, 6.07) is 6.70. The van der Waals surface area contributed by atoms with Gasteiger partial charge in [0, 0.05) is 18.7 Å². The van der Waals surface area contributed by atoms with Crippen LogP contribution < -0.4 is 20.1 Å². The van der Waals surface area contributed by atoms with E-state index in [0.29, 0.717) is 27.9 Å². The van der Waals surface area contributed by atoms with E-state index < -0.39 is 0 Å². The van der Waals surface area contributed by atoms with Crippen LogP contribution in [0.4, 0.5) is 11.4 Å². The predicted octanol–water partition coefficient (Wildman–Crippen LogP) is 4.22. The highest BCUT2D eigenvalue weighted by Crippen LogP contribution is 2.36. The Morgan fingerprint density at radius 3 is 2.56 bits per heavy atom. The molecule has 0 radical (unpaired) electrons. The van der Waals surface area contributed by atoms with E-state index >= 15 is 0 Å². The zero-order valence-electron chi connectivity index (χ0n) is 14.6. The second kappa shape index (κ2) is 9.13. The first-order valence-corrected chi connectivity index (χ1v) is 8.39. The molecule has 0 unspecified atom stereocenters. The Labute approximate surface area is 152 Å². The molecule has 0 saturated carbocycles. The van der Waals surface area contributed by atoms with Crippen molar-refractivity contribution in [3.8, 4) is 11.5 Å². The van der Waals surface area contributed by atoms with Gasteiger partial charge in [0.2, 0.25) is 0 Å². The Morgan fingerprint density at radius 1 is 1.20 bits per heavy atom. The largest absolute Gasteiger partial charge is 0.495 e. The number of halogens is 1. The highest BCUT2D eigenvalue weighted by Gasteiger charge is 2.14. The predicted molar refractivity (Wildman–Crippen MR) is 100 cm³/mol. The molecule has 0 aliphatic heterocycles. The summed E-state index contributed by atoms with van der Waals surface area (Å²) in [7, 11) is 3.01. The van der Waals surface area contributed by atoms with Crippen molar-refractivity contribution in [2.75, 3.05) is 31.4 Å². The first kappa shape index (κ1) is 18.9. The maximum absolute atomic E-state index is 12.4. The monoisotopic (exact) mass is 363 g/mol. The molecule has 0 spiro atoms. The third-order valence-electron chi connectivity index (χ3n) is 3.58. The number of pyridine rings is 1. The summed E-state index contributed by atoms with van der Waals surface area (Å²) < 4.78 is 10.4. The molecule has 7 heteroatoms. The average Bonchev–Trinajstić information content (AvgIpc) is 2.63. The van der Waals surface area contributed by atoms with Gasteiger partial charge in [0.15, 0.2) is 0 Å². The number of benzene rings is 1. The summed E-state index contributed by atoms with van der Waals surface area (Å²) in [6.45, 7) is 3.01. The van der Waals surface area contributed by atoms with Crippen molar-refractivity contribution in [2.24, 2.45) is 0 Å². The van der Waals surface area contributed by atoms with Crippen LogP contribution in [0.2, 0.25) is 5.02 Å². The molecule has 2 N–H and O–H groups in total. The number of unbranched alkanes of at least 4 members (excludes halogenated alkanes) is 1. The molecule has 0 aliphatic carbocycles. The summed E-state index contributed by atoms with van der Waals surface area (Å²) in [6.07, 6.45) is 3.85. The zero-order valence-corrected chi connectivity index (χ0v) is 15.3. The zero-order chi connectivity index (χ0) is 18.2. The Morgan fingerprint density at radius 2 is 1.96 bits per heavy atom. The summed E-state index contributed by atoms with van der Waals surface area (Å²) in [5.74, 6) is 0.543. The van der Waals surface area contributed by atoms with Crippen LogP contribution in [-0.2, 0) is 0 Å². The first-order chi connectivity index (χ1) is 12.1. The van der Waals surface area contributed by atoms with E-state index in [1.54, 1.807) is 24.4 Å². The molecule has 2 aromatic rings. The van der Waals surface area contributed by atoms with Gasteiger partial charge in [-0.05, 0) is 18.6 Å². The van der Waals surface area contributed by atoms with Crippen molar-refractivity contribution >= 4 is 28.9 Å². The van der Waals surface area contributed by atoms with Crippen molar-refractivity contribution < 1.29 is 14.3 Å². The van der Waals surface area contributed by atoms with Crippen LogP contribution in [0.5, 0.6) is 11.5 Å². The molecular weight excluding hydrogens is 342 g/mol. The van der Waals surface area contributed by atoms with Gasteiger partial charge in [-0.3, -0.25) is 4.79 Å². The third-order valence-corrected chi connectivity index (χ3v) is 3.87. The van der Waals surface area contributed by atoms with E-state index in [4.69, 9.17) is 21.1 Å². The number of ether oxygens (including phenoxy) is 2. The number of hydrogen-bond donors (Lipinski definition) is 2. The van der Waals surface area contributed by atoms with Crippen molar-refractivity contribution in [3.05, 3.63) is 41.2 Å². The van der Waals surface area contributed by atoms with Crippen LogP contribution in [0.1, 0.15) is 30.3 Å². The molecule has 1 amide bonds. The lowest BCUT2D eigenvalue weighted by molar-refractivity contribution is 0.102. The van der Waals surface area contributed by atoms with E-state index in [0.717, 1.165) is 25.1 Å². The molecule has 1 heterocycles. The molecule has 134 valence electrons. The van der Waals surface area contributed by atoms with Crippen molar-refractivity contribution in [1.29, 1.82) is 0 Å². The number of methoxy groups -OCH3 is 2. The lowest BCUT2D eigenvalue weighted by Gasteiger charge is -2.13. The molecule has 2 rings (SSSR count). The number of anilines is 2. The summed E-state index contributed by atoms with van der Waals surface area (Å²) in [5, 5.41) is 6.42. The number of amides is 1. The van der Waals surface area contributed by atoms with Crippen molar-refractivity contribution in [1.82, 2.24) is 4.98 Å². The van der Waals surface area contributed by atoms with Gasteiger partial charge in [0.05, 0.1) is 36.8 Å². The molecule has 0 saturated heterocycles. The molecule has 0 bridgehead atoms. The summed E-state index contributed by atoms with van der Waals surface area (Å²) >= 11 is 6.07. The molecular formula is C18H22ClN3O3. The average molecular weight is 364 g/mol. The van der Waals surface area contributed by atoms with Gasteiger partial charge in [-0.25, -0.2) is 4.98 Å². The fourth-order valence-corrected chi connectivity index (χ4v) is 2.42. The van der Waals surface area contributed by atoms with Gasteiger partial charge in [-0.15, -0.1) is 0 Å².